The molecule has 0 aliphatic rings. The van der Waals surface area contributed by atoms with E-state index < -0.39 is 6.10 Å². The highest BCUT2D eigenvalue weighted by Crippen LogP contribution is 2.24. The predicted octanol–water partition coefficient (Wildman–Crippen LogP) is 2.70. The zero-order chi connectivity index (χ0) is 23.5. The van der Waals surface area contributed by atoms with Gasteiger partial charge in [-0.1, -0.05) is 12.1 Å². The van der Waals surface area contributed by atoms with Crippen molar-refractivity contribution < 1.29 is 19.7 Å². The van der Waals surface area contributed by atoms with Gasteiger partial charge in [0.2, 0.25) is 0 Å². The van der Waals surface area contributed by atoms with Crippen LogP contribution in [-0.2, 0) is 0 Å². The molecule has 33 heavy (non-hydrogen) atoms. The maximum Gasteiger partial charge on any atom is 0.277 e. The number of amides is 1. The Bertz CT molecular complexity index is 1300. The summed E-state index contributed by atoms with van der Waals surface area (Å²) in [6.45, 7) is 5.18. The van der Waals surface area contributed by atoms with Crippen molar-refractivity contribution in [1.82, 2.24) is 19.6 Å². The number of hydrogen-bond acceptors (Lipinski definition) is 7. The monoisotopic (exact) mass is 447 g/mol. The van der Waals surface area contributed by atoms with Crippen molar-refractivity contribution in [1.29, 1.82) is 0 Å². The van der Waals surface area contributed by atoms with Gasteiger partial charge in [-0.05, 0) is 62.7 Å². The van der Waals surface area contributed by atoms with Gasteiger partial charge < -0.3 is 20.3 Å². The standard InChI is InChI=1S/C24H25N5O4/c1-14-9-15(2)25-21(10-14)27-24(32)23-16(3)26-22-8-7-20(28-29(22)23)17-5-4-6-19(11-17)33-13-18(31)12-30/h4-11,18,30-31H,12-13H2,1-3H3,(H,25,27,32)/t18-/m1/s1. The van der Waals surface area contributed by atoms with Gasteiger partial charge >= 0.3 is 0 Å². The summed E-state index contributed by atoms with van der Waals surface area (Å²) in [6, 6.07) is 14.6. The zero-order valence-electron chi connectivity index (χ0n) is 18.6. The third kappa shape index (κ3) is 5.00. The number of pyridine rings is 1. The lowest BCUT2D eigenvalue weighted by atomic mass is 10.1. The number of ether oxygens (including phenoxy) is 1. The predicted molar refractivity (Wildman–Crippen MR) is 123 cm³/mol. The quantitative estimate of drug-likeness (QED) is 0.398. The highest BCUT2D eigenvalue weighted by molar-refractivity contribution is 6.03. The number of aryl methyl sites for hydroxylation is 3. The first kappa shape index (κ1) is 22.4. The Morgan fingerprint density at radius 3 is 2.70 bits per heavy atom. The van der Waals surface area contributed by atoms with Crippen molar-refractivity contribution in [3.8, 4) is 17.0 Å². The molecule has 4 rings (SSSR count). The van der Waals surface area contributed by atoms with Crippen LogP contribution in [-0.4, -0.2) is 55.0 Å². The molecule has 4 aromatic rings. The summed E-state index contributed by atoms with van der Waals surface area (Å²) in [4.78, 5) is 21.9. The summed E-state index contributed by atoms with van der Waals surface area (Å²) >= 11 is 0. The fraction of sp³-hybridized carbons (Fsp3) is 0.250. The lowest BCUT2D eigenvalue weighted by molar-refractivity contribution is 0.0536. The van der Waals surface area contributed by atoms with Gasteiger partial charge in [-0.3, -0.25) is 4.79 Å². The van der Waals surface area contributed by atoms with E-state index in [0.29, 0.717) is 34.3 Å². The van der Waals surface area contributed by atoms with Crippen molar-refractivity contribution >= 4 is 17.4 Å². The van der Waals surface area contributed by atoms with Crippen LogP contribution in [0.3, 0.4) is 0 Å². The molecule has 0 spiro atoms. The molecular formula is C24H25N5O4. The molecule has 1 atom stereocenters. The fourth-order valence-corrected chi connectivity index (χ4v) is 3.53. The highest BCUT2D eigenvalue weighted by Gasteiger charge is 2.19. The number of nitrogens with zero attached hydrogens (tertiary/aromatic N) is 4. The third-order valence-corrected chi connectivity index (χ3v) is 4.99. The number of hydrogen-bond donors (Lipinski definition) is 3. The first-order chi connectivity index (χ1) is 15.8. The maximum atomic E-state index is 13.1. The lowest BCUT2D eigenvalue weighted by Gasteiger charge is -2.11. The summed E-state index contributed by atoms with van der Waals surface area (Å²) in [6.07, 6.45) is -0.954. The van der Waals surface area contributed by atoms with E-state index in [0.717, 1.165) is 16.8 Å². The van der Waals surface area contributed by atoms with Gasteiger partial charge in [0.15, 0.2) is 11.3 Å². The Labute approximate surface area is 190 Å². The van der Waals surface area contributed by atoms with Crippen LogP contribution in [0.15, 0.2) is 48.5 Å². The zero-order valence-corrected chi connectivity index (χ0v) is 18.6. The molecule has 0 fully saturated rings. The van der Waals surface area contributed by atoms with E-state index >= 15 is 0 Å². The van der Waals surface area contributed by atoms with Crippen LogP contribution in [0.1, 0.15) is 27.4 Å². The summed E-state index contributed by atoms with van der Waals surface area (Å²) in [5, 5.41) is 25.9. The molecule has 0 aliphatic carbocycles. The van der Waals surface area contributed by atoms with Crippen LogP contribution in [0.4, 0.5) is 5.82 Å². The van der Waals surface area contributed by atoms with Gasteiger partial charge in [-0.15, -0.1) is 0 Å². The molecule has 0 radical (unpaired) electrons. The summed E-state index contributed by atoms with van der Waals surface area (Å²) in [5.41, 5.74) is 4.63. The summed E-state index contributed by atoms with van der Waals surface area (Å²) in [5.74, 6) is 0.651. The fourth-order valence-electron chi connectivity index (χ4n) is 3.53. The normalized spacial score (nSPS) is 12.0. The summed E-state index contributed by atoms with van der Waals surface area (Å²) in [7, 11) is 0. The Kier molecular flexibility index (Phi) is 6.34. The Morgan fingerprint density at radius 2 is 1.94 bits per heavy atom. The Morgan fingerprint density at radius 1 is 1.12 bits per heavy atom. The molecule has 0 unspecified atom stereocenters. The molecule has 1 aromatic carbocycles. The number of aromatic nitrogens is 4. The van der Waals surface area contributed by atoms with E-state index in [2.05, 4.69) is 20.4 Å². The van der Waals surface area contributed by atoms with Gasteiger partial charge in [0.1, 0.15) is 24.3 Å². The maximum absolute atomic E-state index is 13.1. The molecule has 0 saturated carbocycles. The molecule has 9 nitrogen and oxygen atoms in total. The minimum Gasteiger partial charge on any atom is -0.491 e. The third-order valence-electron chi connectivity index (χ3n) is 4.99. The molecule has 9 heteroatoms. The van der Waals surface area contributed by atoms with Crippen molar-refractivity contribution in [2.75, 3.05) is 18.5 Å². The lowest BCUT2D eigenvalue weighted by Crippen LogP contribution is -2.21. The van der Waals surface area contributed by atoms with Crippen LogP contribution in [0.2, 0.25) is 0 Å². The number of anilines is 1. The molecule has 3 aromatic heterocycles. The molecule has 0 aliphatic heterocycles. The minimum atomic E-state index is -0.954. The second-order valence-electron chi connectivity index (χ2n) is 7.83. The number of aliphatic hydroxyl groups is 2. The minimum absolute atomic E-state index is 0.0239. The van der Waals surface area contributed by atoms with Crippen LogP contribution in [0.5, 0.6) is 5.75 Å². The van der Waals surface area contributed by atoms with Gasteiger partial charge in [-0.25, -0.2) is 14.5 Å². The van der Waals surface area contributed by atoms with Crippen LogP contribution in [0.25, 0.3) is 16.9 Å². The van der Waals surface area contributed by atoms with Gasteiger partial charge in [0, 0.05) is 11.3 Å². The second kappa shape index (κ2) is 9.35. The topological polar surface area (TPSA) is 122 Å². The average Bonchev–Trinajstić information content (AvgIpc) is 3.11. The number of carbonyl (C=O) groups excluding carboxylic acids is 1. The molecular weight excluding hydrogens is 422 g/mol. The molecule has 0 saturated heterocycles. The van der Waals surface area contributed by atoms with E-state index in [1.165, 1.54) is 4.52 Å². The van der Waals surface area contributed by atoms with Crippen LogP contribution >= 0.6 is 0 Å². The van der Waals surface area contributed by atoms with E-state index in [9.17, 15) is 9.90 Å². The highest BCUT2D eigenvalue weighted by atomic mass is 16.5. The van der Waals surface area contributed by atoms with Crippen molar-refractivity contribution in [3.05, 3.63) is 71.2 Å². The number of nitrogens with one attached hydrogen (secondary N) is 1. The van der Waals surface area contributed by atoms with Crippen LogP contribution in [0, 0.1) is 20.8 Å². The Balaban J connectivity index is 1.65. The van der Waals surface area contributed by atoms with E-state index in [1.807, 2.05) is 38.1 Å². The smallest absolute Gasteiger partial charge is 0.277 e. The first-order valence-corrected chi connectivity index (χ1v) is 10.5. The molecule has 3 heterocycles. The molecule has 1 amide bonds. The number of benzene rings is 1. The molecule has 0 bridgehead atoms. The number of rotatable bonds is 7. The van der Waals surface area contributed by atoms with E-state index in [1.54, 1.807) is 31.2 Å². The van der Waals surface area contributed by atoms with Gasteiger partial charge in [0.05, 0.1) is 18.0 Å². The summed E-state index contributed by atoms with van der Waals surface area (Å²) < 4.78 is 7.05. The average molecular weight is 447 g/mol. The number of carbonyl (C=O) groups is 1. The van der Waals surface area contributed by atoms with Crippen molar-refractivity contribution in [2.24, 2.45) is 0 Å². The molecule has 170 valence electrons. The second-order valence-corrected chi connectivity index (χ2v) is 7.83. The number of imidazole rings is 1. The molecule has 3 N–H and O–H groups in total. The van der Waals surface area contributed by atoms with E-state index in [4.69, 9.17) is 9.84 Å². The van der Waals surface area contributed by atoms with Crippen molar-refractivity contribution in [3.63, 3.8) is 0 Å². The first-order valence-electron chi connectivity index (χ1n) is 10.5. The Hall–Kier alpha value is -3.82. The van der Waals surface area contributed by atoms with Crippen LogP contribution < -0.4 is 10.1 Å². The largest absolute Gasteiger partial charge is 0.491 e. The van der Waals surface area contributed by atoms with Crippen molar-refractivity contribution in [2.45, 2.75) is 26.9 Å². The SMILES string of the molecule is Cc1cc(C)nc(NC(=O)c2c(C)nc3ccc(-c4cccc(OC[C@H](O)CO)c4)nn23)c1. The van der Waals surface area contributed by atoms with E-state index in [-0.39, 0.29) is 19.1 Å². The number of fused-ring (bicyclic) bond motifs is 1. The number of aliphatic hydroxyl groups excluding tert-OH is 2. The van der Waals surface area contributed by atoms with Gasteiger partial charge in [-0.2, -0.15) is 5.10 Å². The van der Waals surface area contributed by atoms with Gasteiger partial charge in [0.25, 0.3) is 5.91 Å².